The quantitative estimate of drug-likeness (QED) is 0.0442. The van der Waals surface area contributed by atoms with Crippen molar-refractivity contribution in [3.8, 4) is 5.75 Å². The molecule has 4 heterocycles. The molecule has 10 nitrogen and oxygen atoms in total. The van der Waals surface area contributed by atoms with E-state index in [0.29, 0.717) is 60.8 Å². The van der Waals surface area contributed by atoms with E-state index >= 15 is 0 Å². The molecule has 0 aliphatic carbocycles. The fourth-order valence-corrected chi connectivity index (χ4v) is 10.1. The predicted octanol–water partition coefficient (Wildman–Crippen LogP) is 10.7. The Kier molecular flexibility index (Phi) is 16.3. The number of hydrogen-bond acceptors (Lipinski definition) is 10. The Labute approximate surface area is 404 Å². The third kappa shape index (κ3) is 12.3. The topological polar surface area (TPSA) is 142 Å². The number of benzene rings is 5. The van der Waals surface area contributed by atoms with E-state index in [-0.39, 0.29) is 43.1 Å². The Morgan fingerprint density at radius 1 is 0.754 bits per heavy atom. The van der Waals surface area contributed by atoms with Gasteiger partial charge in [0.05, 0.1) is 12.2 Å². The molecule has 0 spiro atoms. The minimum atomic E-state index is -1.23. The van der Waals surface area contributed by atoms with Crippen LogP contribution in [0.4, 0.5) is 0 Å². The molecular weight excluding hydrogens is 869 g/mol. The smallest absolute Gasteiger partial charge is 0.339 e. The summed E-state index contributed by atoms with van der Waals surface area (Å²) in [5.41, 5.74) is 7.18. The molecule has 5 unspecified atom stereocenters. The fraction of sp³-hybridized carbons (Fsp3) is 0.373. The van der Waals surface area contributed by atoms with Crippen LogP contribution in [0.3, 0.4) is 0 Å². The van der Waals surface area contributed by atoms with Crippen LogP contribution in [0.5, 0.6) is 5.75 Å². The van der Waals surface area contributed by atoms with Crippen LogP contribution in [0.1, 0.15) is 116 Å². The molecule has 3 aliphatic heterocycles. The number of hydrogen-bond donors (Lipinski definition) is 2. The molecule has 5 atom stereocenters. The molecular formula is C59H64O10. The van der Waals surface area contributed by atoms with Gasteiger partial charge in [0.15, 0.2) is 12.2 Å². The number of allylic oxidation sites excluding steroid dienone is 1. The third-order valence-electron chi connectivity index (χ3n) is 13.8. The molecule has 10 heteroatoms. The Morgan fingerprint density at radius 2 is 1.46 bits per heavy atom. The van der Waals surface area contributed by atoms with Gasteiger partial charge in [0.2, 0.25) is 0 Å². The molecule has 0 fully saturated rings. The summed E-state index contributed by atoms with van der Waals surface area (Å²) in [4.78, 5) is 43.6. The zero-order chi connectivity index (χ0) is 48.3. The molecule has 0 saturated carbocycles. The van der Waals surface area contributed by atoms with Crippen LogP contribution in [-0.4, -0.2) is 53.9 Å². The zero-order valence-electron chi connectivity index (χ0n) is 40.0. The number of fused-ring (bicyclic) bond motifs is 13. The molecule has 5 aromatic carbocycles. The lowest BCUT2D eigenvalue weighted by Crippen LogP contribution is -2.54. The molecule has 1 aromatic heterocycles. The first-order valence-corrected chi connectivity index (χ1v) is 24.4. The van der Waals surface area contributed by atoms with Crippen LogP contribution < -0.4 is 10.4 Å². The standard InChI is InChI=1S/C59H64O10/c1-39(2)49-27-25-41-19-21-44(22-20-41)34-46(24-23-43-16-10-17-45(33-43)32-42-14-8-5-9-15-42)35-52(62)66-55-53-51(28-26-47-36-50(58(64)67-54(47)53)48(29-31-60)37-65-38-61)69-59(3,56(55)68-57(49)63)30-11-18-40-12-6-4-7-13-40/h4-10,12-17,19-22,26,28,33,36,46,48,55-56,60-61H,11,18,23-25,27,29-32,34-35,37-38H2,1-3H3. The summed E-state index contributed by atoms with van der Waals surface area (Å²) >= 11 is 0. The number of aryl methyl sites for hydroxylation is 3. The van der Waals surface area contributed by atoms with Crippen molar-refractivity contribution in [3.63, 3.8) is 0 Å². The number of aliphatic hydroxyl groups is 2. The molecule has 69 heavy (non-hydrogen) atoms. The second-order valence-corrected chi connectivity index (χ2v) is 19.2. The van der Waals surface area contributed by atoms with Crippen molar-refractivity contribution >= 4 is 22.9 Å². The van der Waals surface area contributed by atoms with E-state index in [4.69, 9.17) is 23.4 Å². The number of carbonyl (C=O) groups excluding carboxylic acids is 2. The van der Waals surface area contributed by atoms with Gasteiger partial charge in [0, 0.05) is 35.5 Å². The van der Waals surface area contributed by atoms with Gasteiger partial charge in [-0.15, -0.1) is 0 Å². The highest BCUT2D eigenvalue weighted by Gasteiger charge is 2.53. The van der Waals surface area contributed by atoms with Gasteiger partial charge in [-0.25, -0.2) is 9.59 Å². The summed E-state index contributed by atoms with van der Waals surface area (Å²) in [6.45, 7) is 4.92. The van der Waals surface area contributed by atoms with E-state index in [1.165, 1.54) is 16.7 Å². The number of aliphatic hydroxyl groups excluding tert-OH is 2. The fourth-order valence-electron chi connectivity index (χ4n) is 10.1. The maximum Gasteiger partial charge on any atom is 0.339 e. The van der Waals surface area contributed by atoms with Crippen molar-refractivity contribution in [1.82, 2.24) is 0 Å². The molecule has 6 aromatic rings. The molecule has 0 amide bonds. The van der Waals surface area contributed by atoms with E-state index in [0.717, 1.165) is 41.5 Å². The van der Waals surface area contributed by atoms with Crippen LogP contribution in [0.2, 0.25) is 0 Å². The van der Waals surface area contributed by atoms with Gasteiger partial charge in [-0.3, -0.25) is 4.79 Å². The molecule has 0 saturated heterocycles. The van der Waals surface area contributed by atoms with Gasteiger partial charge in [0.1, 0.15) is 23.7 Å². The monoisotopic (exact) mass is 932 g/mol. The second-order valence-electron chi connectivity index (χ2n) is 19.2. The lowest BCUT2D eigenvalue weighted by molar-refractivity contribution is -0.192. The third-order valence-corrected chi connectivity index (χ3v) is 13.8. The summed E-state index contributed by atoms with van der Waals surface area (Å²) in [5.74, 6) is -1.34. The first-order chi connectivity index (χ1) is 33.5. The Morgan fingerprint density at radius 3 is 2.19 bits per heavy atom. The molecule has 360 valence electrons. The van der Waals surface area contributed by atoms with Crippen molar-refractivity contribution in [2.45, 2.75) is 115 Å². The van der Waals surface area contributed by atoms with E-state index in [1.807, 2.05) is 45.0 Å². The summed E-state index contributed by atoms with van der Waals surface area (Å²) in [6, 6.07) is 42.9. The lowest BCUT2D eigenvalue weighted by atomic mass is 9.82. The minimum absolute atomic E-state index is 0.0159. The maximum atomic E-state index is 14.9. The van der Waals surface area contributed by atoms with Gasteiger partial charge >= 0.3 is 17.6 Å². The van der Waals surface area contributed by atoms with E-state index < -0.39 is 48.1 Å². The first kappa shape index (κ1) is 49.1. The Bertz CT molecular complexity index is 2770. The Balaban J connectivity index is 1.20. The summed E-state index contributed by atoms with van der Waals surface area (Å²) < 4.78 is 31.9. The predicted molar refractivity (Wildman–Crippen MR) is 266 cm³/mol. The molecule has 2 bridgehead atoms. The van der Waals surface area contributed by atoms with Gasteiger partial charge < -0.3 is 33.6 Å². The highest BCUT2D eigenvalue weighted by Crippen LogP contribution is 2.49. The minimum Gasteiger partial charge on any atom is -0.483 e. The normalized spacial score (nSPS) is 20.1. The van der Waals surface area contributed by atoms with E-state index in [9.17, 15) is 24.6 Å². The number of esters is 2. The van der Waals surface area contributed by atoms with Crippen molar-refractivity contribution < 1.29 is 43.2 Å². The van der Waals surface area contributed by atoms with Crippen LogP contribution in [0, 0.1) is 5.92 Å². The average Bonchev–Trinajstić information content (AvgIpc) is 3.34. The number of ether oxygens (including phenoxy) is 4. The highest BCUT2D eigenvalue weighted by atomic mass is 16.6. The van der Waals surface area contributed by atoms with E-state index in [2.05, 4.69) is 84.9 Å². The zero-order valence-corrected chi connectivity index (χ0v) is 40.0. The van der Waals surface area contributed by atoms with Crippen molar-refractivity contribution in [3.05, 3.63) is 193 Å². The van der Waals surface area contributed by atoms with Crippen LogP contribution >= 0.6 is 0 Å². The largest absolute Gasteiger partial charge is 0.483 e. The molecule has 0 radical (unpaired) electrons. The average molecular weight is 933 g/mol. The van der Waals surface area contributed by atoms with Gasteiger partial charge in [-0.1, -0.05) is 115 Å². The molecule has 2 N–H and O–H groups in total. The Hall–Kier alpha value is -6.33. The van der Waals surface area contributed by atoms with Gasteiger partial charge in [0.25, 0.3) is 0 Å². The summed E-state index contributed by atoms with van der Waals surface area (Å²) in [7, 11) is 0. The van der Waals surface area contributed by atoms with Crippen LogP contribution in [0.15, 0.2) is 148 Å². The van der Waals surface area contributed by atoms with Gasteiger partial charge in [-0.2, -0.15) is 0 Å². The van der Waals surface area contributed by atoms with Gasteiger partial charge in [-0.05, 0) is 142 Å². The van der Waals surface area contributed by atoms with Crippen molar-refractivity contribution in [2.75, 3.05) is 20.0 Å². The SMILES string of the molecule is CC(C)=C1CCc2ccc(cc2)CC(CCc2cccc(Cc3ccccc3)c2)CC(=O)OC2c3c(ccc4cc(C(CCO)COCO)c(=O)oc34)OC(C)(CCCc3ccccc3)C2OC1=O. The van der Waals surface area contributed by atoms with E-state index in [1.54, 1.807) is 18.2 Å². The summed E-state index contributed by atoms with van der Waals surface area (Å²) in [6.07, 6.45) is 3.72. The number of rotatable bonds is 15. The lowest BCUT2D eigenvalue weighted by Gasteiger charge is -2.45. The first-order valence-electron chi connectivity index (χ1n) is 24.4. The summed E-state index contributed by atoms with van der Waals surface area (Å²) in [5, 5.41) is 19.8. The van der Waals surface area contributed by atoms with Crippen LogP contribution in [-0.2, 0) is 55.9 Å². The number of carbonyl (C=O) groups is 2. The van der Waals surface area contributed by atoms with Crippen molar-refractivity contribution in [1.29, 1.82) is 0 Å². The maximum absolute atomic E-state index is 14.9. The van der Waals surface area contributed by atoms with Crippen molar-refractivity contribution in [2.24, 2.45) is 5.92 Å². The molecule has 3 aliphatic rings. The van der Waals surface area contributed by atoms with Crippen LogP contribution in [0.25, 0.3) is 11.0 Å². The molecule has 9 rings (SSSR count). The highest BCUT2D eigenvalue weighted by molar-refractivity contribution is 5.90. The second kappa shape index (κ2) is 22.9.